The molecule has 0 aliphatic heterocycles. The molecular weight excluding hydrogens is 478 g/mol. The van der Waals surface area contributed by atoms with Crippen molar-refractivity contribution in [3.63, 3.8) is 0 Å². The first-order valence-corrected chi connectivity index (χ1v) is 12.0. The predicted molar refractivity (Wildman–Crippen MR) is 137 cm³/mol. The first-order valence-electron chi connectivity index (χ1n) is 12.0. The minimum absolute atomic E-state index is 0.00782. The monoisotopic (exact) mass is 511 g/mol. The van der Waals surface area contributed by atoms with Crippen LogP contribution in [0, 0.1) is 0 Å². The van der Waals surface area contributed by atoms with Crippen molar-refractivity contribution in [2.75, 3.05) is 13.8 Å². The van der Waals surface area contributed by atoms with E-state index in [2.05, 4.69) is 5.32 Å². The number of hydrogen-bond acceptors (Lipinski definition) is 9. The number of rotatable bonds is 14. The Morgan fingerprint density at radius 2 is 1.65 bits per heavy atom. The van der Waals surface area contributed by atoms with E-state index in [4.69, 9.17) is 9.47 Å². The molecule has 37 heavy (non-hydrogen) atoms. The fourth-order valence-corrected chi connectivity index (χ4v) is 3.77. The molecule has 198 valence electrons. The van der Waals surface area contributed by atoms with Gasteiger partial charge in [-0.3, -0.25) is 10.1 Å². The van der Waals surface area contributed by atoms with Crippen LogP contribution in [0.2, 0.25) is 0 Å². The Kier molecular flexibility index (Phi) is 10.00. The number of aromatic hydroxyl groups is 4. The summed E-state index contributed by atoms with van der Waals surface area (Å²) in [4.78, 5) is 12.4. The third kappa shape index (κ3) is 8.59. The number of ketones is 1. The molecule has 0 heterocycles. The van der Waals surface area contributed by atoms with Gasteiger partial charge in [-0.25, -0.2) is 0 Å². The van der Waals surface area contributed by atoms with Gasteiger partial charge in [0, 0.05) is 12.8 Å². The summed E-state index contributed by atoms with van der Waals surface area (Å²) in [5.41, 5.74) is 2.16. The predicted octanol–water partition coefficient (Wildman–Crippen LogP) is 3.53. The average molecular weight is 512 g/mol. The Balaban J connectivity index is 1.49. The molecule has 0 bridgehead atoms. The molecule has 0 saturated heterocycles. The lowest BCUT2D eigenvalue weighted by atomic mass is 9.99. The van der Waals surface area contributed by atoms with Crippen LogP contribution < -0.4 is 14.8 Å². The van der Waals surface area contributed by atoms with Gasteiger partial charge in [0.2, 0.25) is 5.75 Å². The van der Waals surface area contributed by atoms with E-state index < -0.39 is 11.9 Å². The van der Waals surface area contributed by atoms with Crippen molar-refractivity contribution < 1.29 is 39.8 Å². The van der Waals surface area contributed by atoms with Crippen molar-refractivity contribution in [1.82, 2.24) is 5.32 Å². The van der Waals surface area contributed by atoms with Crippen LogP contribution in [0.1, 0.15) is 36.0 Å². The molecule has 0 aromatic heterocycles. The summed E-state index contributed by atoms with van der Waals surface area (Å²) in [7, 11) is 1.72. The zero-order valence-electron chi connectivity index (χ0n) is 20.7. The summed E-state index contributed by atoms with van der Waals surface area (Å²) in [6, 6.07) is 14.4. The maximum absolute atomic E-state index is 12.4. The second-order valence-corrected chi connectivity index (χ2v) is 8.80. The fraction of sp³-hybridized carbons (Fsp3) is 0.321. The van der Waals surface area contributed by atoms with Crippen LogP contribution in [0.5, 0.6) is 34.5 Å². The molecule has 3 aromatic carbocycles. The smallest absolute Gasteiger partial charge is 0.200 e. The average Bonchev–Trinajstić information content (AvgIpc) is 2.87. The number of hydrogen-bond donors (Lipinski definition) is 6. The zero-order chi connectivity index (χ0) is 26.8. The molecular formula is C28H33NO8. The van der Waals surface area contributed by atoms with Crippen LogP contribution in [0.3, 0.4) is 0 Å². The molecule has 1 atom stereocenters. The third-order valence-corrected chi connectivity index (χ3v) is 5.74. The van der Waals surface area contributed by atoms with Crippen LogP contribution in [-0.2, 0) is 24.2 Å². The summed E-state index contributed by atoms with van der Waals surface area (Å²) < 4.78 is 11.0. The second-order valence-electron chi connectivity index (χ2n) is 8.80. The highest BCUT2D eigenvalue weighted by Crippen LogP contribution is 2.37. The highest BCUT2D eigenvalue weighted by atomic mass is 16.5. The van der Waals surface area contributed by atoms with E-state index >= 15 is 0 Å². The van der Waals surface area contributed by atoms with Gasteiger partial charge in [0.05, 0.1) is 6.10 Å². The van der Waals surface area contributed by atoms with E-state index in [0.717, 1.165) is 5.56 Å². The molecule has 6 N–H and O–H groups in total. The van der Waals surface area contributed by atoms with E-state index in [9.17, 15) is 30.3 Å². The quantitative estimate of drug-likeness (QED) is 0.141. The third-order valence-electron chi connectivity index (χ3n) is 5.74. The molecule has 0 radical (unpaired) electrons. The highest BCUT2D eigenvalue weighted by Gasteiger charge is 2.15. The molecule has 1 unspecified atom stereocenters. The Hall–Kier alpha value is -3.95. The van der Waals surface area contributed by atoms with Gasteiger partial charge in [0.25, 0.3) is 0 Å². The Bertz CT molecular complexity index is 1200. The van der Waals surface area contributed by atoms with Crippen LogP contribution in [-0.4, -0.2) is 51.2 Å². The van der Waals surface area contributed by atoms with Gasteiger partial charge in [-0.2, -0.15) is 0 Å². The van der Waals surface area contributed by atoms with Crippen molar-refractivity contribution in [2.45, 2.75) is 44.8 Å². The highest BCUT2D eigenvalue weighted by molar-refractivity contribution is 5.79. The number of phenols is 4. The van der Waals surface area contributed by atoms with E-state index in [1.807, 2.05) is 0 Å². The minimum Gasteiger partial charge on any atom is -0.508 e. The lowest BCUT2D eigenvalue weighted by Crippen LogP contribution is -2.15. The SMILES string of the molecule is CNCOc1cc(CCC(=O)CC(O)CCc2cc(O)c(O)c(OCc3cccc(O)c3)c2)ccc1O. The summed E-state index contributed by atoms with van der Waals surface area (Å²) in [6.07, 6.45) is 0.451. The standard InChI is InChI=1S/C28H33NO8/c1-29-17-37-26-13-18(7-10-24(26)33)5-8-22(31)15-23(32)9-6-19-12-25(34)28(35)27(14-19)36-16-20-3-2-4-21(30)11-20/h2-4,7,10-14,23,29-30,32-35H,5-6,8-9,15-17H2,1H3. The van der Waals surface area contributed by atoms with E-state index in [-0.39, 0.29) is 61.4 Å². The van der Waals surface area contributed by atoms with Gasteiger partial charge < -0.3 is 35.0 Å². The van der Waals surface area contributed by atoms with Crippen molar-refractivity contribution in [2.24, 2.45) is 0 Å². The van der Waals surface area contributed by atoms with Crippen molar-refractivity contribution >= 4 is 5.78 Å². The number of Topliss-reactive ketones (excluding diaryl/α,β-unsaturated/α-hetero) is 1. The van der Waals surface area contributed by atoms with E-state index in [0.29, 0.717) is 29.7 Å². The molecule has 0 saturated carbocycles. The van der Waals surface area contributed by atoms with Gasteiger partial charge in [0.1, 0.15) is 24.9 Å². The second kappa shape index (κ2) is 13.4. The Morgan fingerprint density at radius 1 is 0.865 bits per heavy atom. The largest absolute Gasteiger partial charge is 0.508 e. The van der Waals surface area contributed by atoms with Gasteiger partial charge in [-0.15, -0.1) is 0 Å². The maximum Gasteiger partial charge on any atom is 0.200 e. The number of benzene rings is 3. The topological polar surface area (TPSA) is 149 Å². The normalized spacial score (nSPS) is 11.7. The minimum atomic E-state index is -0.866. The number of carbonyl (C=O) groups excluding carboxylic acids is 1. The number of aliphatic hydroxyl groups excluding tert-OH is 1. The number of nitrogens with one attached hydrogen (secondary N) is 1. The lowest BCUT2D eigenvalue weighted by Gasteiger charge is -2.14. The summed E-state index contributed by atoms with van der Waals surface area (Å²) in [6.45, 7) is 0.318. The summed E-state index contributed by atoms with van der Waals surface area (Å²) >= 11 is 0. The number of carbonyl (C=O) groups is 1. The molecule has 9 nitrogen and oxygen atoms in total. The van der Waals surface area contributed by atoms with E-state index in [1.54, 1.807) is 37.4 Å². The van der Waals surface area contributed by atoms with Crippen molar-refractivity contribution in [1.29, 1.82) is 0 Å². The molecule has 0 fully saturated rings. The van der Waals surface area contributed by atoms with Crippen LogP contribution >= 0.6 is 0 Å². The number of ether oxygens (including phenoxy) is 2. The Morgan fingerprint density at radius 3 is 2.41 bits per heavy atom. The van der Waals surface area contributed by atoms with Crippen LogP contribution in [0.15, 0.2) is 54.6 Å². The first-order chi connectivity index (χ1) is 17.7. The van der Waals surface area contributed by atoms with Gasteiger partial charge in [0.15, 0.2) is 23.0 Å². The van der Waals surface area contributed by atoms with Crippen LogP contribution in [0.4, 0.5) is 0 Å². The maximum atomic E-state index is 12.4. The number of phenolic OH excluding ortho intramolecular Hbond substituents is 4. The Labute approximate surface area is 215 Å². The first kappa shape index (κ1) is 27.6. The number of aryl methyl sites for hydroxylation is 2. The van der Waals surface area contributed by atoms with Crippen molar-refractivity contribution in [3.8, 4) is 34.5 Å². The van der Waals surface area contributed by atoms with Gasteiger partial charge >= 0.3 is 0 Å². The van der Waals surface area contributed by atoms with Gasteiger partial charge in [-0.05, 0) is 79.4 Å². The van der Waals surface area contributed by atoms with Crippen LogP contribution in [0.25, 0.3) is 0 Å². The molecule has 0 spiro atoms. The molecule has 3 aromatic rings. The van der Waals surface area contributed by atoms with Crippen molar-refractivity contribution in [3.05, 3.63) is 71.3 Å². The molecule has 3 rings (SSSR count). The molecule has 0 amide bonds. The molecule has 0 aliphatic rings. The zero-order valence-corrected chi connectivity index (χ0v) is 20.7. The molecule has 0 aliphatic carbocycles. The molecule has 9 heteroatoms. The van der Waals surface area contributed by atoms with Gasteiger partial charge in [-0.1, -0.05) is 18.2 Å². The summed E-state index contributed by atoms with van der Waals surface area (Å²) in [5, 5.41) is 52.8. The number of aliphatic hydroxyl groups is 1. The van der Waals surface area contributed by atoms with E-state index in [1.165, 1.54) is 24.3 Å². The lowest BCUT2D eigenvalue weighted by molar-refractivity contribution is -0.121. The summed E-state index contributed by atoms with van der Waals surface area (Å²) in [5.74, 6) is -0.306. The fourth-order valence-electron chi connectivity index (χ4n) is 3.77.